The Bertz CT molecular complexity index is 1650. The van der Waals surface area contributed by atoms with Gasteiger partial charge in [0.25, 0.3) is 5.78 Å². The van der Waals surface area contributed by atoms with E-state index in [4.69, 9.17) is 0 Å². The molecule has 1 atom stereocenters. The third-order valence-electron chi connectivity index (χ3n) is 6.02. The van der Waals surface area contributed by atoms with E-state index in [1.807, 2.05) is 6.08 Å². The summed E-state index contributed by atoms with van der Waals surface area (Å²) in [6.45, 7) is 2.12. The number of allylic oxidation sites excluding steroid dienone is 4. The van der Waals surface area contributed by atoms with Crippen molar-refractivity contribution in [2.24, 2.45) is 5.92 Å². The Morgan fingerprint density at radius 3 is 1.46 bits per heavy atom. The summed E-state index contributed by atoms with van der Waals surface area (Å²) in [4.78, 5) is 53.5. The van der Waals surface area contributed by atoms with Crippen LogP contribution in [0.15, 0.2) is 91.8 Å². The lowest BCUT2D eigenvalue weighted by Crippen LogP contribution is -2.16. The minimum atomic E-state index is -0.546. The van der Waals surface area contributed by atoms with Crippen LogP contribution in [0, 0.1) is 5.92 Å². The molecule has 0 N–H and O–H groups in total. The second-order valence-electron chi connectivity index (χ2n) is 8.89. The monoisotopic (exact) mass is 511 g/mol. The maximum atomic E-state index is 13.9. The average Bonchev–Trinajstić information content (AvgIpc) is 3.01. The molecule has 1 aliphatic carbocycles. The minimum absolute atomic E-state index is 0.0631. The van der Waals surface area contributed by atoms with Gasteiger partial charge in [0.15, 0.2) is 23.3 Å². The summed E-state index contributed by atoms with van der Waals surface area (Å²) in [6, 6.07) is 10.6. The Morgan fingerprint density at radius 1 is 0.615 bits per heavy atom. The summed E-state index contributed by atoms with van der Waals surface area (Å²) in [5.41, 5.74) is 2.92. The van der Waals surface area contributed by atoms with Crippen molar-refractivity contribution in [3.8, 4) is 34.2 Å². The molecule has 5 heterocycles. The lowest BCUT2D eigenvalue weighted by molar-refractivity contribution is 0.101. The normalized spacial score (nSPS) is 14.6. The summed E-state index contributed by atoms with van der Waals surface area (Å²) >= 11 is 0. The average molecular weight is 512 g/mol. The molecule has 188 valence electrons. The molecule has 10 heteroatoms. The van der Waals surface area contributed by atoms with E-state index in [2.05, 4.69) is 63.9 Å². The number of hydrogen-bond acceptors (Lipinski definition) is 10. The van der Waals surface area contributed by atoms with Gasteiger partial charge in [-0.25, -0.2) is 29.9 Å². The highest BCUT2D eigenvalue weighted by Gasteiger charge is 2.23. The van der Waals surface area contributed by atoms with Crippen LogP contribution in [0.1, 0.15) is 35.6 Å². The highest BCUT2D eigenvalue weighted by molar-refractivity contribution is 6.04. The number of aromatic nitrogens is 9. The van der Waals surface area contributed by atoms with E-state index in [-0.39, 0.29) is 11.6 Å². The van der Waals surface area contributed by atoms with Crippen LogP contribution in [0.2, 0.25) is 0 Å². The number of nitrogens with zero attached hydrogens (tertiary/aromatic N) is 9. The molecule has 10 nitrogen and oxygen atoms in total. The van der Waals surface area contributed by atoms with Gasteiger partial charge in [0, 0.05) is 59.4 Å². The van der Waals surface area contributed by atoms with Crippen LogP contribution in [0.5, 0.6) is 0 Å². The summed E-state index contributed by atoms with van der Waals surface area (Å²) < 4.78 is 0. The van der Waals surface area contributed by atoms with Crippen molar-refractivity contribution in [3.63, 3.8) is 0 Å². The summed E-state index contributed by atoms with van der Waals surface area (Å²) in [5, 5.41) is 0. The molecule has 5 aromatic rings. The van der Waals surface area contributed by atoms with Crippen molar-refractivity contribution in [2.45, 2.75) is 13.3 Å². The molecule has 0 fully saturated rings. The molecule has 1 unspecified atom stereocenters. The molecule has 0 aliphatic heterocycles. The molecular weight excluding hydrogens is 490 g/mol. The van der Waals surface area contributed by atoms with Gasteiger partial charge in [-0.15, -0.1) is 0 Å². The fourth-order valence-corrected chi connectivity index (χ4v) is 4.06. The van der Waals surface area contributed by atoms with Gasteiger partial charge in [-0.2, -0.15) is 0 Å². The molecule has 0 saturated carbocycles. The summed E-state index contributed by atoms with van der Waals surface area (Å²) in [6.07, 6.45) is 16.9. The summed E-state index contributed by atoms with van der Waals surface area (Å²) in [5.74, 6) is 1.05. The van der Waals surface area contributed by atoms with Crippen LogP contribution in [0.25, 0.3) is 39.7 Å². The summed E-state index contributed by atoms with van der Waals surface area (Å²) in [7, 11) is 0. The van der Waals surface area contributed by atoms with Crippen molar-refractivity contribution in [2.75, 3.05) is 0 Å². The first-order chi connectivity index (χ1) is 19.1. The highest BCUT2D eigenvalue weighted by Crippen LogP contribution is 2.25. The van der Waals surface area contributed by atoms with Crippen LogP contribution >= 0.6 is 0 Å². The predicted octanol–water partition coefficient (Wildman–Crippen LogP) is 4.45. The van der Waals surface area contributed by atoms with E-state index in [1.165, 1.54) is 0 Å². The van der Waals surface area contributed by atoms with Gasteiger partial charge in [0.05, 0.1) is 0 Å². The molecule has 39 heavy (non-hydrogen) atoms. The molecular formula is C29H21N9O. The molecule has 0 aromatic carbocycles. The Morgan fingerprint density at radius 2 is 1.03 bits per heavy atom. The third-order valence-corrected chi connectivity index (χ3v) is 6.02. The maximum Gasteiger partial charge on any atom is 0.267 e. The van der Waals surface area contributed by atoms with Crippen LogP contribution < -0.4 is 0 Å². The Labute approximate surface area is 223 Å². The largest absolute Gasteiger partial charge is 0.281 e. The predicted molar refractivity (Wildman–Crippen MR) is 144 cm³/mol. The first-order valence-electron chi connectivity index (χ1n) is 12.3. The Hall–Kier alpha value is -5.38. The molecule has 5 aromatic heterocycles. The van der Waals surface area contributed by atoms with E-state index >= 15 is 0 Å². The zero-order chi connectivity index (χ0) is 26.6. The second-order valence-corrected chi connectivity index (χ2v) is 8.89. The number of carbonyl (C=O) groups is 1. The van der Waals surface area contributed by atoms with Gasteiger partial charge in [0.1, 0.15) is 0 Å². The quantitative estimate of drug-likeness (QED) is 0.301. The number of hydrogen-bond donors (Lipinski definition) is 0. The van der Waals surface area contributed by atoms with Gasteiger partial charge < -0.3 is 0 Å². The number of pyridine rings is 3. The van der Waals surface area contributed by atoms with Gasteiger partial charge in [-0.1, -0.05) is 25.2 Å². The lowest BCUT2D eigenvalue weighted by atomic mass is 9.97. The van der Waals surface area contributed by atoms with E-state index in [1.54, 1.807) is 73.6 Å². The zero-order valence-electron chi connectivity index (χ0n) is 20.9. The highest BCUT2D eigenvalue weighted by atomic mass is 16.1. The zero-order valence-corrected chi connectivity index (χ0v) is 20.9. The second kappa shape index (κ2) is 10.5. The standard InChI is InChI=1S/C29H21N9O/c1-18-3-2-4-22(17-18)27-34-26(21-9-15-32-16-10-21)37-29(38-27)23(39)28-35-24(19-5-11-30-12-6-19)33-25(36-28)20-7-13-31-14-8-20/h2,4-18H,3H2,1H3. The van der Waals surface area contributed by atoms with E-state index in [9.17, 15) is 4.79 Å². The topological polar surface area (TPSA) is 133 Å². The molecule has 0 radical (unpaired) electrons. The van der Waals surface area contributed by atoms with Gasteiger partial charge in [-0.3, -0.25) is 19.7 Å². The minimum Gasteiger partial charge on any atom is -0.281 e. The SMILES string of the molecule is CC1C=C(c2nc(C(=O)c3nc(-c4ccncc4)nc(-c4ccncc4)n3)nc(-c3ccncc3)n2)C=CC1. The van der Waals surface area contributed by atoms with Crippen LogP contribution in [0.4, 0.5) is 0 Å². The van der Waals surface area contributed by atoms with Crippen LogP contribution in [-0.4, -0.2) is 50.6 Å². The Kier molecular flexibility index (Phi) is 6.48. The molecule has 0 amide bonds. The molecule has 0 bridgehead atoms. The smallest absolute Gasteiger partial charge is 0.267 e. The Balaban J connectivity index is 1.50. The van der Waals surface area contributed by atoms with Crippen molar-refractivity contribution >= 4 is 11.4 Å². The van der Waals surface area contributed by atoms with E-state index < -0.39 is 5.78 Å². The fraction of sp³-hybridized carbons (Fsp3) is 0.103. The molecule has 6 rings (SSSR count). The molecule has 0 saturated heterocycles. The van der Waals surface area contributed by atoms with E-state index in [0.29, 0.717) is 45.9 Å². The lowest BCUT2D eigenvalue weighted by Gasteiger charge is -2.13. The molecule has 0 spiro atoms. The van der Waals surface area contributed by atoms with Crippen molar-refractivity contribution in [1.82, 2.24) is 44.9 Å². The van der Waals surface area contributed by atoms with Crippen molar-refractivity contribution in [1.29, 1.82) is 0 Å². The number of ketones is 1. The van der Waals surface area contributed by atoms with Crippen molar-refractivity contribution in [3.05, 3.63) is 109 Å². The maximum absolute atomic E-state index is 13.9. The third kappa shape index (κ3) is 5.21. The van der Waals surface area contributed by atoms with Crippen LogP contribution in [0.3, 0.4) is 0 Å². The van der Waals surface area contributed by atoms with Crippen molar-refractivity contribution < 1.29 is 4.79 Å². The number of carbonyl (C=O) groups excluding carboxylic acids is 1. The first-order valence-corrected chi connectivity index (χ1v) is 12.3. The number of rotatable bonds is 6. The van der Waals surface area contributed by atoms with Gasteiger partial charge >= 0.3 is 0 Å². The van der Waals surface area contributed by atoms with E-state index in [0.717, 1.165) is 12.0 Å². The van der Waals surface area contributed by atoms with Gasteiger partial charge in [0.2, 0.25) is 11.6 Å². The fourth-order valence-electron chi connectivity index (χ4n) is 4.06. The van der Waals surface area contributed by atoms with Crippen LogP contribution in [-0.2, 0) is 0 Å². The first kappa shape index (κ1) is 24.0. The van der Waals surface area contributed by atoms with Gasteiger partial charge in [-0.05, 0) is 48.7 Å². The molecule has 1 aliphatic rings.